The van der Waals surface area contributed by atoms with E-state index < -0.39 is 0 Å². The highest BCUT2D eigenvalue weighted by molar-refractivity contribution is 5.95. The first-order valence-corrected chi connectivity index (χ1v) is 5.63. The third kappa shape index (κ3) is 2.68. The van der Waals surface area contributed by atoms with Gasteiger partial charge < -0.3 is 15.6 Å². The van der Waals surface area contributed by atoms with Gasteiger partial charge in [-0.3, -0.25) is 4.79 Å². The van der Waals surface area contributed by atoms with E-state index in [-0.39, 0.29) is 5.91 Å². The lowest BCUT2D eigenvalue weighted by atomic mass is 10.1. The van der Waals surface area contributed by atoms with E-state index in [9.17, 15) is 4.79 Å². The number of nitrogens with zero attached hydrogens (tertiary/aromatic N) is 1. The third-order valence-electron chi connectivity index (χ3n) is 2.64. The normalized spacial score (nSPS) is 10.3. The summed E-state index contributed by atoms with van der Waals surface area (Å²) in [6.45, 7) is 4.04. The molecule has 1 amide bonds. The Bertz CT molecular complexity index is 575. The molecule has 2 rings (SSSR count). The summed E-state index contributed by atoms with van der Waals surface area (Å²) in [5.74, 6) is 0.441. The highest BCUT2D eigenvalue weighted by atomic mass is 16.5. The zero-order valence-corrected chi connectivity index (χ0v) is 10.4. The number of carbonyl (C=O) groups is 1. The zero-order chi connectivity index (χ0) is 13.1. The Balaban J connectivity index is 2.01. The lowest BCUT2D eigenvalue weighted by Crippen LogP contribution is -2.22. The van der Waals surface area contributed by atoms with Gasteiger partial charge in [-0.15, -0.1) is 0 Å². The number of aryl methyl sites for hydroxylation is 2. The Morgan fingerprint density at radius 2 is 2.17 bits per heavy atom. The van der Waals surface area contributed by atoms with Crippen molar-refractivity contribution in [3.63, 3.8) is 0 Å². The van der Waals surface area contributed by atoms with E-state index in [4.69, 9.17) is 10.3 Å². The van der Waals surface area contributed by atoms with Crippen LogP contribution in [0.5, 0.6) is 0 Å². The van der Waals surface area contributed by atoms with Crippen LogP contribution in [0.15, 0.2) is 28.8 Å². The fourth-order valence-electron chi connectivity index (χ4n) is 1.55. The van der Waals surface area contributed by atoms with Crippen LogP contribution in [0.4, 0.5) is 5.69 Å². The van der Waals surface area contributed by atoms with Gasteiger partial charge in [-0.05, 0) is 31.5 Å². The van der Waals surface area contributed by atoms with Crippen LogP contribution in [0.1, 0.15) is 27.4 Å². The van der Waals surface area contributed by atoms with E-state index in [1.165, 1.54) is 0 Å². The minimum Gasteiger partial charge on any atom is -0.398 e. The molecular formula is C13H15N3O2. The fraction of sp³-hybridized carbons (Fsp3) is 0.231. The Labute approximate surface area is 105 Å². The Morgan fingerprint density at radius 3 is 2.78 bits per heavy atom. The molecule has 94 valence electrons. The molecule has 0 bridgehead atoms. The van der Waals surface area contributed by atoms with Crippen molar-refractivity contribution in [2.24, 2.45) is 0 Å². The summed E-state index contributed by atoms with van der Waals surface area (Å²) >= 11 is 0. The molecule has 1 heterocycles. The van der Waals surface area contributed by atoms with Crippen LogP contribution in [0.25, 0.3) is 0 Å². The van der Waals surface area contributed by atoms with Crippen molar-refractivity contribution in [2.75, 3.05) is 5.73 Å². The van der Waals surface area contributed by atoms with Gasteiger partial charge in [0, 0.05) is 17.3 Å². The largest absolute Gasteiger partial charge is 0.398 e. The molecule has 2 aromatic rings. The van der Waals surface area contributed by atoms with Crippen molar-refractivity contribution in [3.8, 4) is 0 Å². The number of nitrogens with two attached hydrogens (primary N) is 1. The maximum atomic E-state index is 11.9. The first kappa shape index (κ1) is 12.2. The molecule has 5 nitrogen and oxygen atoms in total. The molecule has 0 saturated heterocycles. The molecule has 0 radical (unpaired) electrons. The van der Waals surface area contributed by atoms with Crippen LogP contribution in [-0.4, -0.2) is 11.1 Å². The summed E-state index contributed by atoms with van der Waals surface area (Å²) in [4.78, 5) is 11.9. The smallest absolute Gasteiger partial charge is 0.251 e. The number of carbonyl (C=O) groups excluding carboxylic acids is 1. The topological polar surface area (TPSA) is 81.2 Å². The molecule has 0 saturated carbocycles. The molecule has 0 aliphatic rings. The van der Waals surface area contributed by atoms with Crippen molar-refractivity contribution < 1.29 is 9.32 Å². The molecule has 18 heavy (non-hydrogen) atoms. The van der Waals surface area contributed by atoms with Gasteiger partial charge in [-0.2, -0.15) is 0 Å². The second kappa shape index (κ2) is 4.91. The van der Waals surface area contributed by atoms with Gasteiger partial charge >= 0.3 is 0 Å². The number of hydrogen-bond acceptors (Lipinski definition) is 4. The first-order valence-electron chi connectivity index (χ1n) is 5.63. The number of amides is 1. The average Bonchev–Trinajstić information content (AvgIpc) is 2.75. The third-order valence-corrected chi connectivity index (χ3v) is 2.64. The zero-order valence-electron chi connectivity index (χ0n) is 10.4. The number of anilines is 1. The number of rotatable bonds is 3. The fourth-order valence-corrected chi connectivity index (χ4v) is 1.55. The summed E-state index contributed by atoms with van der Waals surface area (Å²) in [7, 11) is 0. The maximum absolute atomic E-state index is 11.9. The monoisotopic (exact) mass is 245 g/mol. The van der Waals surface area contributed by atoms with Crippen molar-refractivity contribution >= 4 is 11.6 Å². The molecule has 0 unspecified atom stereocenters. The summed E-state index contributed by atoms with van der Waals surface area (Å²) < 4.78 is 5.00. The number of nitrogen functional groups attached to an aromatic ring is 1. The summed E-state index contributed by atoms with van der Waals surface area (Å²) in [5.41, 5.74) is 8.65. The van der Waals surface area contributed by atoms with Crippen LogP contribution in [0.3, 0.4) is 0 Å². The molecule has 0 atom stereocenters. The van der Waals surface area contributed by atoms with Crippen LogP contribution in [0.2, 0.25) is 0 Å². The number of aromatic nitrogens is 1. The predicted molar refractivity (Wildman–Crippen MR) is 68.0 cm³/mol. The first-order chi connectivity index (χ1) is 8.56. The van der Waals surface area contributed by atoms with Gasteiger partial charge in [0.1, 0.15) is 0 Å². The molecule has 0 aliphatic heterocycles. The molecule has 0 fully saturated rings. The van der Waals surface area contributed by atoms with Crippen LogP contribution >= 0.6 is 0 Å². The van der Waals surface area contributed by atoms with E-state index in [0.29, 0.717) is 23.6 Å². The van der Waals surface area contributed by atoms with Gasteiger partial charge in [0.15, 0.2) is 5.76 Å². The number of benzene rings is 1. The van der Waals surface area contributed by atoms with E-state index in [1.807, 2.05) is 19.9 Å². The molecule has 1 aromatic carbocycles. The second-order valence-corrected chi connectivity index (χ2v) is 4.19. The van der Waals surface area contributed by atoms with Gasteiger partial charge in [-0.1, -0.05) is 11.2 Å². The summed E-state index contributed by atoms with van der Waals surface area (Å²) in [6, 6.07) is 7.01. The molecule has 0 aliphatic carbocycles. The van der Waals surface area contributed by atoms with Crippen LogP contribution in [0, 0.1) is 13.8 Å². The van der Waals surface area contributed by atoms with Gasteiger partial charge in [-0.25, -0.2) is 0 Å². The average molecular weight is 245 g/mol. The van der Waals surface area contributed by atoms with E-state index in [2.05, 4.69) is 10.5 Å². The number of nitrogens with one attached hydrogen (secondary N) is 1. The molecule has 5 heteroatoms. The van der Waals surface area contributed by atoms with Crippen LogP contribution in [-0.2, 0) is 6.54 Å². The SMILES string of the molecule is Cc1cc(CNC(=O)c2ccc(C)c(N)c2)on1. The lowest BCUT2D eigenvalue weighted by molar-refractivity contribution is 0.0947. The van der Waals surface area contributed by atoms with Gasteiger partial charge in [0.05, 0.1) is 12.2 Å². The van der Waals surface area contributed by atoms with Crippen molar-refractivity contribution in [1.82, 2.24) is 10.5 Å². The molecular weight excluding hydrogens is 230 g/mol. The second-order valence-electron chi connectivity index (χ2n) is 4.19. The van der Waals surface area contributed by atoms with Crippen LogP contribution < -0.4 is 11.1 Å². The summed E-state index contributed by atoms with van der Waals surface area (Å²) in [6.07, 6.45) is 0. The Morgan fingerprint density at radius 1 is 1.39 bits per heavy atom. The Hall–Kier alpha value is -2.30. The lowest BCUT2D eigenvalue weighted by Gasteiger charge is -2.05. The van der Waals surface area contributed by atoms with Crippen molar-refractivity contribution in [2.45, 2.75) is 20.4 Å². The van der Waals surface area contributed by atoms with Gasteiger partial charge in [0.2, 0.25) is 0 Å². The minimum atomic E-state index is -0.184. The van der Waals surface area contributed by atoms with E-state index in [1.54, 1.807) is 18.2 Å². The maximum Gasteiger partial charge on any atom is 0.251 e. The number of hydrogen-bond donors (Lipinski definition) is 2. The molecule has 0 spiro atoms. The highest BCUT2D eigenvalue weighted by Gasteiger charge is 2.08. The standard InChI is InChI=1S/C13H15N3O2/c1-8-3-4-10(6-12(8)14)13(17)15-7-11-5-9(2)16-18-11/h3-6H,7,14H2,1-2H3,(H,15,17). The minimum absolute atomic E-state index is 0.184. The van der Waals surface area contributed by atoms with Crippen molar-refractivity contribution in [3.05, 3.63) is 46.8 Å². The Kier molecular flexibility index (Phi) is 3.32. The predicted octanol–water partition coefficient (Wildman–Crippen LogP) is 1.80. The van der Waals surface area contributed by atoms with E-state index in [0.717, 1.165) is 11.3 Å². The van der Waals surface area contributed by atoms with E-state index >= 15 is 0 Å². The highest BCUT2D eigenvalue weighted by Crippen LogP contribution is 2.13. The quantitative estimate of drug-likeness (QED) is 0.808. The summed E-state index contributed by atoms with van der Waals surface area (Å²) in [5, 5.41) is 6.49. The molecule has 1 aromatic heterocycles. The van der Waals surface area contributed by atoms with Gasteiger partial charge in [0.25, 0.3) is 5.91 Å². The van der Waals surface area contributed by atoms with Crippen molar-refractivity contribution in [1.29, 1.82) is 0 Å². The molecule has 3 N–H and O–H groups in total.